The Morgan fingerprint density at radius 2 is 2.00 bits per heavy atom. The van der Waals surface area contributed by atoms with Crippen molar-refractivity contribution >= 4 is 27.8 Å². The van der Waals surface area contributed by atoms with Crippen molar-refractivity contribution in [3.8, 4) is 11.5 Å². The minimum absolute atomic E-state index is 0.0247. The highest BCUT2D eigenvalue weighted by molar-refractivity contribution is 9.10. The van der Waals surface area contributed by atoms with E-state index in [-0.39, 0.29) is 17.1 Å². The highest BCUT2D eigenvalue weighted by Gasteiger charge is 2.07. The van der Waals surface area contributed by atoms with Crippen LogP contribution in [0.25, 0.3) is 6.08 Å². The minimum Gasteiger partial charge on any atom is -0.507 e. The lowest BCUT2D eigenvalue weighted by atomic mass is 10.1. The van der Waals surface area contributed by atoms with Gasteiger partial charge in [-0.1, -0.05) is 28.1 Å². The molecule has 0 bridgehead atoms. The lowest BCUT2D eigenvalue weighted by Crippen LogP contribution is -1.94. The van der Waals surface area contributed by atoms with Crippen LogP contribution in [-0.2, 0) is 0 Å². The lowest BCUT2D eigenvalue weighted by molar-refractivity contribution is 0.104. The summed E-state index contributed by atoms with van der Waals surface area (Å²) in [5.74, 6) is 0.392. The van der Waals surface area contributed by atoms with E-state index in [1.54, 1.807) is 31.4 Å². The van der Waals surface area contributed by atoms with Gasteiger partial charge < -0.3 is 9.84 Å². The van der Waals surface area contributed by atoms with Gasteiger partial charge in [-0.15, -0.1) is 0 Å². The maximum absolute atomic E-state index is 12.0. The van der Waals surface area contributed by atoms with Crippen LogP contribution in [0.1, 0.15) is 15.9 Å². The van der Waals surface area contributed by atoms with Gasteiger partial charge in [0.25, 0.3) is 0 Å². The van der Waals surface area contributed by atoms with Crippen molar-refractivity contribution in [2.45, 2.75) is 0 Å². The summed E-state index contributed by atoms with van der Waals surface area (Å²) in [4.78, 5) is 12.0. The van der Waals surface area contributed by atoms with Gasteiger partial charge in [-0.25, -0.2) is 0 Å². The van der Waals surface area contributed by atoms with Gasteiger partial charge >= 0.3 is 0 Å². The first-order valence-electron chi connectivity index (χ1n) is 5.96. The van der Waals surface area contributed by atoms with Crippen molar-refractivity contribution < 1.29 is 14.6 Å². The number of para-hydroxylation sites is 1. The quantitative estimate of drug-likeness (QED) is 0.678. The average Bonchev–Trinajstić information content (AvgIpc) is 2.45. The zero-order valence-corrected chi connectivity index (χ0v) is 12.4. The Morgan fingerprint density at radius 3 is 2.70 bits per heavy atom. The lowest BCUT2D eigenvalue weighted by Gasteiger charge is -2.05. The Balaban J connectivity index is 2.28. The van der Waals surface area contributed by atoms with E-state index in [0.717, 1.165) is 10.0 Å². The van der Waals surface area contributed by atoms with Gasteiger partial charge in [0.05, 0.1) is 12.7 Å². The van der Waals surface area contributed by atoms with E-state index < -0.39 is 0 Å². The van der Waals surface area contributed by atoms with Gasteiger partial charge in [-0.05, 0) is 42.5 Å². The number of allylic oxidation sites excluding steroid dienone is 1. The Labute approximate surface area is 125 Å². The summed E-state index contributed by atoms with van der Waals surface area (Å²) in [6.45, 7) is 0. The molecule has 1 N–H and O–H groups in total. The van der Waals surface area contributed by atoms with Gasteiger partial charge in [0, 0.05) is 10.0 Å². The molecule has 0 unspecified atom stereocenters. The number of phenols is 1. The van der Waals surface area contributed by atoms with E-state index in [0.29, 0.717) is 5.75 Å². The molecule has 3 nitrogen and oxygen atoms in total. The number of methoxy groups -OCH3 is 1. The Hall–Kier alpha value is -2.07. The third-order valence-corrected chi connectivity index (χ3v) is 3.27. The molecular weight excluding hydrogens is 320 g/mol. The largest absolute Gasteiger partial charge is 0.507 e. The van der Waals surface area contributed by atoms with E-state index in [1.165, 1.54) is 12.1 Å². The first-order valence-corrected chi connectivity index (χ1v) is 6.75. The predicted molar refractivity (Wildman–Crippen MR) is 82.2 cm³/mol. The van der Waals surface area contributed by atoms with Crippen molar-refractivity contribution in [2.75, 3.05) is 7.11 Å². The molecule has 0 aromatic heterocycles. The van der Waals surface area contributed by atoms with Crippen molar-refractivity contribution in [2.24, 2.45) is 0 Å². The van der Waals surface area contributed by atoms with Gasteiger partial charge in [0.15, 0.2) is 5.78 Å². The van der Waals surface area contributed by atoms with Gasteiger partial charge in [0.1, 0.15) is 11.5 Å². The van der Waals surface area contributed by atoms with Gasteiger partial charge in [0.2, 0.25) is 0 Å². The van der Waals surface area contributed by atoms with E-state index in [4.69, 9.17) is 4.74 Å². The molecule has 0 atom stereocenters. The number of hydrogen-bond acceptors (Lipinski definition) is 3. The monoisotopic (exact) mass is 332 g/mol. The Morgan fingerprint density at radius 1 is 1.25 bits per heavy atom. The summed E-state index contributed by atoms with van der Waals surface area (Å²) in [6, 6.07) is 12.0. The molecule has 0 fully saturated rings. The second kappa shape index (κ2) is 6.39. The molecule has 102 valence electrons. The maximum Gasteiger partial charge on any atom is 0.189 e. The SMILES string of the molecule is COc1ccc(Br)cc1/C=C/C(=O)c1ccccc1O. The van der Waals surface area contributed by atoms with Crippen LogP contribution in [0.2, 0.25) is 0 Å². The van der Waals surface area contributed by atoms with Crippen molar-refractivity contribution in [3.63, 3.8) is 0 Å². The van der Waals surface area contributed by atoms with Gasteiger partial charge in [-0.2, -0.15) is 0 Å². The van der Waals surface area contributed by atoms with Crippen molar-refractivity contribution in [1.29, 1.82) is 0 Å². The fourth-order valence-electron chi connectivity index (χ4n) is 1.77. The van der Waals surface area contributed by atoms with Crippen LogP contribution in [0.5, 0.6) is 11.5 Å². The van der Waals surface area contributed by atoms with Crippen LogP contribution in [0.15, 0.2) is 53.0 Å². The summed E-state index contributed by atoms with van der Waals surface area (Å²) in [5, 5.41) is 9.64. The second-order valence-corrected chi connectivity index (χ2v) is 5.02. The number of benzene rings is 2. The number of ketones is 1. The number of phenolic OH excluding ortho intramolecular Hbond substituents is 1. The molecule has 0 saturated heterocycles. The molecule has 2 rings (SSSR count). The first kappa shape index (κ1) is 14.3. The summed E-state index contributed by atoms with van der Waals surface area (Å²) >= 11 is 3.37. The molecule has 20 heavy (non-hydrogen) atoms. The van der Waals surface area contributed by atoms with E-state index in [9.17, 15) is 9.90 Å². The first-order chi connectivity index (χ1) is 9.61. The molecule has 0 aliphatic rings. The molecule has 0 amide bonds. The standard InChI is InChI=1S/C16H13BrO3/c1-20-16-9-7-12(17)10-11(16)6-8-15(19)13-4-2-3-5-14(13)18/h2-10,18H,1H3/b8-6+. The van der Waals surface area contributed by atoms with E-state index >= 15 is 0 Å². The van der Waals surface area contributed by atoms with Gasteiger partial charge in [-0.3, -0.25) is 4.79 Å². The van der Waals surface area contributed by atoms with Crippen LogP contribution < -0.4 is 4.74 Å². The summed E-state index contributed by atoms with van der Waals surface area (Å²) < 4.78 is 6.13. The maximum atomic E-state index is 12.0. The third-order valence-electron chi connectivity index (χ3n) is 2.78. The molecule has 4 heteroatoms. The molecular formula is C16H13BrO3. The van der Waals surface area contributed by atoms with Crippen molar-refractivity contribution in [3.05, 3.63) is 64.1 Å². The number of halogens is 1. The predicted octanol–water partition coefficient (Wildman–Crippen LogP) is 4.06. The topological polar surface area (TPSA) is 46.5 Å². The number of ether oxygens (including phenoxy) is 1. The van der Waals surface area contributed by atoms with E-state index in [1.807, 2.05) is 18.2 Å². The number of carbonyl (C=O) groups is 1. The van der Waals surface area contributed by atoms with Crippen LogP contribution in [0.4, 0.5) is 0 Å². The number of carbonyl (C=O) groups excluding carboxylic acids is 1. The zero-order chi connectivity index (χ0) is 14.5. The third kappa shape index (κ3) is 3.27. The van der Waals surface area contributed by atoms with E-state index in [2.05, 4.69) is 15.9 Å². The number of rotatable bonds is 4. The van der Waals surface area contributed by atoms with Crippen LogP contribution in [0.3, 0.4) is 0 Å². The molecule has 0 saturated carbocycles. The number of aromatic hydroxyl groups is 1. The molecule has 0 aliphatic carbocycles. The minimum atomic E-state index is -0.259. The molecule has 0 radical (unpaired) electrons. The highest BCUT2D eigenvalue weighted by Crippen LogP contribution is 2.25. The normalized spacial score (nSPS) is 10.7. The Kier molecular flexibility index (Phi) is 4.58. The smallest absolute Gasteiger partial charge is 0.189 e. The fourth-order valence-corrected chi connectivity index (χ4v) is 2.15. The molecule has 0 heterocycles. The summed E-state index contributed by atoms with van der Waals surface area (Å²) in [6.07, 6.45) is 3.08. The average molecular weight is 333 g/mol. The molecule has 2 aromatic carbocycles. The fraction of sp³-hybridized carbons (Fsp3) is 0.0625. The molecule has 0 aliphatic heterocycles. The molecule has 0 spiro atoms. The Bertz CT molecular complexity index is 663. The van der Waals surface area contributed by atoms with Crippen molar-refractivity contribution in [1.82, 2.24) is 0 Å². The summed E-state index contributed by atoms with van der Waals surface area (Å²) in [7, 11) is 1.57. The second-order valence-electron chi connectivity index (χ2n) is 4.10. The number of hydrogen-bond donors (Lipinski definition) is 1. The van der Waals surface area contributed by atoms with Crippen LogP contribution in [0, 0.1) is 0 Å². The molecule has 2 aromatic rings. The van der Waals surface area contributed by atoms with Crippen LogP contribution >= 0.6 is 15.9 Å². The zero-order valence-electron chi connectivity index (χ0n) is 10.8. The summed E-state index contributed by atoms with van der Waals surface area (Å²) in [5.41, 5.74) is 1.06. The van der Waals surface area contributed by atoms with Crippen LogP contribution in [-0.4, -0.2) is 18.0 Å². The highest BCUT2D eigenvalue weighted by atomic mass is 79.9.